The summed E-state index contributed by atoms with van der Waals surface area (Å²) in [6.45, 7) is 1.71. The van der Waals surface area contributed by atoms with Gasteiger partial charge in [-0.15, -0.1) is 0 Å². The Balaban J connectivity index is 2.52. The second kappa shape index (κ2) is 5.53. The van der Waals surface area contributed by atoms with Crippen LogP contribution in [-0.2, 0) is 0 Å². The van der Waals surface area contributed by atoms with Gasteiger partial charge in [0.05, 0.1) is 12.7 Å². The van der Waals surface area contributed by atoms with E-state index in [0.29, 0.717) is 22.4 Å². The first-order chi connectivity index (χ1) is 9.02. The smallest absolute Gasteiger partial charge is 0.197 e. The fourth-order valence-electron chi connectivity index (χ4n) is 1.88. The van der Waals surface area contributed by atoms with Gasteiger partial charge >= 0.3 is 0 Å². The Bertz CT molecular complexity index is 638. The molecule has 2 rings (SSSR count). The molecule has 0 atom stereocenters. The lowest BCUT2D eigenvalue weighted by Gasteiger charge is -2.10. The van der Waals surface area contributed by atoms with E-state index in [9.17, 15) is 9.18 Å². The van der Waals surface area contributed by atoms with E-state index in [0.717, 1.165) is 4.47 Å². The minimum absolute atomic E-state index is 0.185. The van der Waals surface area contributed by atoms with Gasteiger partial charge in [-0.1, -0.05) is 15.9 Å². The molecule has 0 N–H and O–H groups in total. The first-order valence-corrected chi connectivity index (χ1v) is 6.46. The fourth-order valence-corrected chi connectivity index (χ4v) is 2.25. The molecular formula is C15H12BrFO2. The van der Waals surface area contributed by atoms with Crippen LogP contribution >= 0.6 is 15.9 Å². The molecule has 0 aliphatic heterocycles. The van der Waals surface area contributed by atoms with Crippen LogP contribution in [0.4, 0.5) is 4.39 Å². The summed E-state index contributed by atoms with van der Waals surface area (Å²) in [6.07, 6.45) is 0. The van der Waals surface area contributed by atoms with E-state index in [1.807, 2.05) is 0 Å². The van der Waals surface area contributed by atoms with E-state index in [1.54, 1.807) is 25.1 Å². The first kappa shape index (κ1) is 13.7. The predicted octanol–water partition coefficient (Wildman–Crippen LogP) is 4.14. The lowest BCUT2D eigenvalue weighted by molar-refractivity contribution is 0.103. The molecule has 0 radical (unpaired) electrons. The SMILES string of the molecule is COc1ccc(Br)cc1C(=O)c1ccc(F)cc1C. The van der Waals surface area contributed by atoms with Crippen molar-refractivity contribution >= 4 is 21.7 Å². The van der Waals surface area contributed by atoms with Crippen molar-refractivity contribution in [2.75, 3.05) is 7.11 Å². The van der Waals surface area contributed by atoms with E-state index in [4.69, 9.17) is 4.74 Å². The minimum Gasteiger partial charge on any atom is -0.496 e. The maximum absolute atomic E-state index is 13.1. The number of carbonyl (C=O) groups is 1. The Kier molecular flexibility index (Phi) is 4.00. The van der Waals surface area contributed by atoms with Crippen molar-refractivity contribution in [1.29, 1.82) is 0 Å². The number of hydrogen-bond acceptors (Lipinski definition) is 2. The molecule has 2 aromatic rings. The minimum atomic E-state index is -0.352. The van der Waals surface area contributed by atoms with Gasteiger partial charge in [0, 0.05) is 10.0 Å². The molecule has 0 unspecified atom stereocenters. The molecule has 0 aliphatic carbocycles. The van der Waals surface area contributed by atoms with Gasteiger partial charge in [0.2, 0.25) is 0 Å². The van der Waals surface area contributed by atoms with Crippen LogP contribution < -0.4 is 4.74 Å². The van der Waals surface area contributed by atoms with E-state index in [2.05, 4.69) is 15.9 Å². The molecule has 0 fully saturated rings. The summed E-state index contributed by atoms with van der Waals surface area (Å²) >= 11 is 3.33. The fraction of sp³-hybridized carbons (Fsp3) is 0.133. The predicted molar refractivity (Wildman–Crippen MR) is 75.3 cm³/mol. The number of benzene rings is 2. The van der Waals surface area contributed by atoms with Crippen molar-refractivity contribution in [2.24, 2.45) is 0 Å². The van der Waals surface area contributed by atoms with Crippen molar-refractivity contribution in [3.05, 3.63) is 63.4 Å². The third-order valence-electron chi connectivity index (χ3n) is 2.84. The van der Waals surface area contributed by atoms with Gasteiger partial charge in [-0.05, 0) is 48.9 Å². The molecule has 2 nitrogen and oxygen atoms in total. The molecule has 2 aromatic carbocycles. The monoisotopic (exact) mass is 322 g/mol. The quantitative estimate of drug-likeness (QED) is 0.794. The van der Waals surface area contributed by atoms with Crippen LogP contribution in [-0.4, -0.2) is 12.9 Å². The van der Waals surface area contributed by atoms with E-state index in [-0.39, 0.29) is 11.6 Å². The van der Waals surface area contributed by atoms with Crippen LogP contribution in [0.25, 0.3) is 0 Å². The van der Waals surface area contributed by atoms with Crippen LogP contribution in [0.15, 0.2) is 40.9 Å². The number of carbonyl (C=O) groups excluding carboxylic acids is 1. The van der Waals surface area contributed by atoms with Crippen LogP contribution in [0, 0.1) is 12.7 Å². The average Bonchev–Trinajstić information content (AvgIpc) is 2.38. The molecular weight excluding hydrogens is 311 g/mol. The normalized spacial score (nSPS) is 10.3. The van der Waals surface area contributed by atoms with Crippen molar-refractivity contribution < 1.29 is 13.9 Å². The first-order valence-electron chi connectivity index (χ1n) is 5.67. The van der Waals surface area contributed by atoms with Crippen LogP contribution in [0.1, 0.15) is 21.5 Å². The summed E-state index contributed by atoms with van der Waals surface area (Å²) in [5.74, 6) is -0.0390. The highest BCUT2D eigenvalue weighted by Gasteiger charge is 2.17. The lowest BCUT2D eigenvalue weighted by atomic mass is 9.98. The second-order valence-electron chi connectivity index (χ2n) is 4.13. The molecule has 0 heterocycles. The van der Waals surface area contributed by atoms with E-state index >= 15 is 0 Å². The highest BCUT2D eigenvalue weighted by molar-refractivity contribution is 9.10. The van der Waals surface area contributed by atoms with Gasteiger partial charge < -0.3 is 4.74 Å². The number of ether oxygens (including phenoxy) is 1. The Morgan fingerprint density at radius 1 is 1.16 bits per heavy atom. The largest absolute Gasteiger partial charge is 0.496 e. The summed E-state index contributed by atoms with van der Waals surface area (Å²) < 4.78 is 19.1. The molecule has 0 aromatic heterocycles. The number of aryl methyl sites for hydroxylation is 1. The number of hydrogen-bond donors (Lipinski definition) is 0. The third-order valence-corrected chi connectivity index (χ3v) is 3.33. The Labute approximate surface area is 119 Å². The van der Waals surface area contributed by atoms with Crippen molar-refractivity contribution in [1.82, 2.24) is 0 Å². The summed E-state index contributed by atoms with van der Waals surface area (Å²) in [7, 11) is 1.51. The maximum atomic E-state index is 13.1. The van der Waals surface area contributed by atoms with Gasteiger partial charge in [-0.25, -0.2) is 4.39 Å². The summed E-state index contributed by atoms with van der Waals surface area (Å²) in [4.78, 5) is 12.5. The maximum Gasteiger partial charge on any atom is 0.197 e. The van der Waals surface area contributed by atoms with Crippen molar-refractivity contribution in [3.8, 4) is 5.75 Å². The number of ketones is 1. The van der Waals surface area contributed by atoms with Gasteiger partial charge in [0.1, 0.15) is 11.6 Å². The molecule has 0 amide bonds. The number of rotatable bonds is 3. The van der Waals surface area contributed by atoms with E-state index in [1.165, 1.54) is 25.3 Å². The number of halogens is 2. The zero-order valence-corrected chi connectivity index (χ0v) is 12.1. The zero-order valence-electron chi connectivity index (χ0n) is 10.5. The van der Waals surface area contributed by atoms with Gasteiger partial charge in [-0.2, -0.15) is 0 Å². The molecule has 19 heavy (non-hydrogen) atoms. The Morgan fingerprint density at radius 3 is 2.53 bits per heavy atom. The molecule has 98 valence electrons. The van der Waals surface area contributed by atoms with E-state index < -0.39 is 0 Å². The molecule has 0 bridgehead atoms. The lowest BCUT2D eigenvalue weighted by Crippen LogP contribution is -2.06. The average molecular weight is 323 g/mol. The highest BCUT2D eigenvalue weighted by Crippen LogP contribution is 2.26. The van der Waals surface area contributed by atoms with Crippen molar-refractivity contribution in [3.63, 3.8) is 0 Å². The van der Waals surface area contributed by atoms with Crippen LogP contribution in [0.3, 0.4) is 0 Å². The van der Waals surface area contributed by atoms with Crippen molar-refractivity contribution in [2.45, 2.75) is 6.92 Å². The molecule has 0 saturated carbocycles. The highest BCUT2D eigenvalue weighted by atomic mass is 79.9. The summed E-state index contributed by atoms with van der Waals surface area (Å²) in [5.41, 5.74) is 1.52. The van der Waals surface area contributed by atoms with Gasteiger partial charge in [-0.3, -0.25) is 4.79 Å². The summed E-state index contributed by atoms with van der Waals surface area (Å²) in [6, 6.07) is 9.34. The van der Waals surface area contributed by atoms with Gasteiger partial charge in [0.25, 0.3) is 0 Å². The Morgan fingerprint density at radius 2 is 1.89 bits per heavy atom. The zero-order chi connectivity index (χ0) is 14.0. The molecule has 4 heteroatoms. The Hall–Kier alpha value is -1.68. The summed E-state index contributed by atoms with van der Waals surface area (Å²) in [5, 5.41) is 0. The molecule has 0 spiro atoms. The van der Waals surface area contributed by atoms with Crippen LogP contribution in [0.2, 0.25) is 0 Å². The van der Waals surface area contributed by atoms with Crippen LogP contribution in [0.5, 0.6) is 5.75 Å². The van der Waals surface area contributed by atoms with Gasteiger partial charge in [0.15, 0.2) is 5.78 Å². The molecule has 0 saturated heterocycles. The molecule has 0 aliphatic rings. The third kappa shape index (κ3) is 2.84. The standard InChI is InChI=1S/C15H12BrFO2/c1-9-7-11(17)4-5-12(9)15(18)13-8-10(16)3-6-14(13)19-2/h3-8H,1-2H3. The second-order valence-corrected chi connectivity index (χ2v) is 5.05. The number of methoxy groups -OCH3 is 1. The topological polar surface area (TPSA) is 26.3 Å².